The van der Waals surface area contributed by atoms with E-state index in [-0.39, 0.29) is 11.8 Å². The van der Waals surface area contributed by atoms with Crippen LogP contribution < -0.4 is 5.32 Å². The molecule has 1 N–H and O–H groups in total. The van der Waals surface area contributed by atoms with Crippen molar-refractivity contribution in [3.8, 4) is 0 Å². The Morgan fingerprint density at radius 2 is 1.71 bits per heavy atom. The van der Waals surface area contributed by atoms with Gasteiger partial charge in [-0.25, -0.2) is 4.79 Å². The molecule has 3 aromatic rings. The number of benzene rings is 2. The van der Waals surface area contributed by atoms with Crippen molar-refractivity contribution in [2.75, 3.05) is 0 Å². The third-order valence-corrected chi connectivity index (χ3v) is 5.38. The van der Waals surface area contributed by atoms with Crippen LogP contribution in [-0.2, 0) is 17.8 Å². The number of pyridine rings is 1. The van der Waals surface area contributed by atoms with Gasteiger partial charge in [0.1, 0.15) is 5.60 Å². The number of carbonyl (C=O) groups is 3. The lowest BCUT2D eigenvalue weighted by molar-refractivity contribution is 0.00691. The van der Waals surface area contributed by atoms with Gasteiger partial charge in [-0.2, -0.15) is 0 Å². The molecule has 7 nitrogen and oxygen atoms in total. The number of nitrogens with zero attached hydrogens (tertiary/aromatic N) is 2. The van der Waals surface area contributed by atoms with Crippen molar-refractivity contribution in [1.29, 1.82) is 0 Å². The molecule has 7 heteroatoms. The van der Waals surface area contributed by atoms with Gasteiger partial charge in [-0.3, -0.25) is 14.6 Å². The lowest BCUT2D eigenvalue weighted by Crippen LogP contribution is -2.28. The number of aromatic nitrogens is 1. The predicted octanol–water partition coefficient (Wildman–Crippen LogP) is 4.59. The summed E-state index contributed by atoms with van der Waals surface area (Å²) in [7, 11) is 0. The van der Waals surface area contributed by atoms with E-state index in [9.17, 15) is 14.4 Å². The van der Waals surface area contributed by atoms with Crippen LogP contribution in [0, 0.1) is 0 Å². The quantitative estimate of drug-likeness (QED) is 0.552. The number of carbonyl (C=O) groups excluding carboxylic acids is 3. The molecule has 178 valence electrons. The smallest absolute Gasteiger partial charge is 0.338 e. The Balaban J connectivity index is 1.42. The SMILES string of the molecule is CC(C)(C)OC(=O)c1ccc(C(=O)N2C=Cc3ccc(C(=O)NCc4cccnc4)cc3C2)cc1. The van der Waals surface area contributed by atoms with Crippen LogP contribution in [0.1, 0.15) is 68.5 Å². The van der Waals surface area contributed by atoms with Gasteiger partial charge in [0.2, 0.25) is 0 Å². The van der Waals surface area contributed by atoms with Crippen LogP contribution in [0.15, 0.2) is 73.2 Å². The number of fused-ring (bicyclic) bond motifs is 1. The molecule has 2 amide bonds. The molecule has 1 aliphatic heterocycles. The van der Waals surface area contributed by atoms with Crippen LogP contribution in [0.3, 0.4) is 0 Å². The maximum Gasteiger partial charge on any atom is 0.338 e. The second-order valence-electron chi connectivity index (χ2n) is 9.29. The number of nitrogens with one attached hydrogen (secondary N) is 1. The molecule has 1 aliphatic rings. The monoisotopic (exact) mass is 469 g/mol. The van der Waals surface area contributed by atoms with Crippen LogP contribution in [0.2, 0.25) is 0 Å². The molecule has 0 saturated carbocycles. The number of esters is 1. The van der Waals surface area contributed by atoms with Gasteiger partial charge in [0.15, 0.2) is 0 Å². The van der Waals surface area contributed by atoms with Gasteiger partial charge < -0.3 is 15.0 Å². The second kappa shape index (κ2) is 9.93. The molecule has 0 atom stereocenters. The maximum absolute atomic E-state index is 13.1. The van der Waals surface area contributed by atoms with E-state index < -0.39 is 11.6 Å². The summed E-state index contributed by atoms with van der Waals surface area (Å²) in [5.41, 5.74) is 3.52. The molecule has 2 aromatic carbocycles. The summed E-state index contributed by atoms with van der Waals surface area (Å²) in [5.74, 6) is -0.825. The van der Waals surface area contributed by atoms with Gasteiger partial charge >= 0.3 is 5.97 Å². The fourth-order valence-corrected chi connectivity index (χ4v) is 3.63. The Hall–Kier alpha value is -4.26. The van der Waals surface area contributed by atoms with E-state index in [0.29, 0.717) is 29.8 Å². The van der Waals surface area contributed by atoms with Crippen LogP contribution in [0.5, 0.6) is 0 Å². The van der Waals surface area contributed by atoms with Gasteiger partial charge in [-0.15, -0.1) is 0 Å². The Morgan fingerprint density at radius 1 is 1.00 bits per heavy atom. The van der Waals surface area contributed by atoms with Crippen molar-refractivity contribution in [1.82, 2.24) is 15.2 Å². The van der Waals surface area contributed by atoms with E-state index in [1.807, 2.05) is 30.3 Å². The summed E-state index contributed by atoms with van der Waals surface area (Å²) in [6.45, 7) is 6.13. The van der Waals surface area contributed by atoms with Crippen molar-refractivity contribution >= 4 is 23.9 Å². The van der Waals surface area contributed by atoms with E-state index in [1.54, 1.807) is 74.6 Å². The van der Waals surface area contributed by atoms with Gasteiger partial charge in [-0.1, -0.05) is 12.1 Å². The first-order valence-electron chi connectivity index (χ1n) is 11.3. The van der Waals surface area contributed by atoms with E-state index >= 15 is 0 Å². The topological polar surface area (TPSA) is 88.6 Å². The molecular weight excluding hydrogens is 442 g/mol. The van der Waals surface area contributed by atoms with Crippen molar-refractivity contribution in [3.05, 3.63) is 107 Å². The molecule has 0 spiro atoms. The fourth-order valence-electron chi connectivity index (χ4n) is 3.63. The minimum Gasteiger partial charge on any atom is -0.456 e. The summed E-state index contributed by atoms with van der Waals surface area (Å²) < 4.78 is 5.37. The highest BCUT2D eigenvalue weighted by Crippen LogP contribution is 2.23. The molecule has 0 fully saturated rings. The van der Waals surface area contributed by atoms with E-state index in [2.05, 4.69) is 10.3 Å². The van der Waals surface area contributed by atoms with Gasteiger partial charge in [0.25, 0.3) is 11.8 Å². The average Bonchev–Trinajstić information content (AvgIpc) is 2.86. The number of amides is 2. The van der Waals surface area contributed by atoms with Gasteiger partial charge in [0, 0.05) is 36.3 Å². The minimum absolute atomic E-state index is 0.193. The minimum atomic E-state index is -0.591. The van der Waals surface area contributed by atoms with Crippen molar-refractivity contribution in [2.24, 2.45) is 0 Å². The summed E-state index contributed by atoms with van der Waals surface area (Å²) >= 11 is 0. The molecular formula is C28H27N3O4. The maximum atomic E-state index is 13.1. The highest BCUT2D eigenvalue weighted by atomic mass is 16.6. The highest BCUT2D eigenvalue weighted by Gasteiger charge is 2.21. The Labute approximate surface area is 204 Å². The lowest BCUT2D eigenvalue weighted by Gasteiger charge is -2.24. The van der Waals surface area contributed by atoms with E-state index in [0.717, 1.165) is 16.7 Å². The van der Waals surface area contributed by atoms with Crippen molar-refractivity contribution < 1.29 is 19.1 Å². The summed E-state index contributed by atoms with van der Waals surface area (Å²) in [5, 5.41) is 2.89. The molecule has 0 radical (unpaired) electrons. The molecule has 0 aliphatic carbocycles. The Bertz CT molecular complexity index is 1280. The van der Waals surface area contributed by atoms with Gasteiger partial charge in [0.05, 0.1) is 12.1 Å². The summed E-state index contributed by atoms with van der Waals surface area (Å²) in [4.78, 5) is 43.6. The highest BCUT2D eigenvalue weighted by molar-refractivity contribution is 5.98. The van der Waals surface area contributed by atoms with Crippen LogP contribution in [0.25, 0.3) is 6.08 Å². The molecule has 0 bridgehead atoms. The number of ether oxygens (including phenoxy) is 1. The first-order valence-corrected chi connectivity index (χ1v) is 11.3. The first-order chi connectivity index (χ1) is 16.7. The third-order valence-electron chi connectivity index (χ3n) is 5.38. The van der Waals surface area contributed by atoms with Crippen molar-refractivity contribution in [2.45, 2.75) is 39.5 Å². The summed E-state index contributed by atoms with van der Waals surface area (Å²) in [6, 6.07) is 15.6. The lowest BCUT2D eigenvalue weighted by atomic mass is 10.00. The molecule has 1 aromatic heterocycles. The molecule has 0 saturated heterocycles. The first kappa shape index (κ1) is 23.9. The number of hydrogen-bond donors (Lipinski definition) is 1. The molecule has 35 heavy (non-hydrogen) atoms. The van der Waals surface area contributed by atoms with Crippen LogP contribution >= 0.6 is 0 Å². The molecule has 4 rings (SSSR count). The Kier molecular flexibility index (Phi) is 6.78. The van der Waals surface area contributed by atoms with Crippen LogP contribution in [0.4, 0.5) is 0 Å². The van der Waals surface area contributed by atoms with Gasteiger partial charge in [-0.05, 0) is 86.0 Å². The number of rotatable bonds is 5. The van der Waals surface area contributed by atoms with Crippen molar-refractivity contribution in [3.63, 3.8) is 0 Å². The second-order valence-corrected chi connectivity index (χ2v) is 9.29. The zero-order chi connectivity index (χ0) is 25.0. The molecule has 0 unspecified atom stereocenters. The predicted molar refractivity (Wildman–Crippen MR) is 132 cm³/mol. The van der Waals surface area contributed by atoms with Crippen LogP contribution in [-0.4, -0.2) is 33.3 Å². The third kappa shape index (κ3) is 6.00. The zero-order valence-corrected chi connectivity index (χ0v) is 19.9. The fraction of sp³-hybridized carbons (Fsp3) is 0.214. The zero-order valence-electron chi connectivity index (χ0n) is 19.9. The normalized spacial score (nSPS) is 12.6. The summed E-state index contributed by atoms with van der Waals surface area (Å²) in [6.07, 6.45) is 6.98. The number of hydrogen-bond acceptors (Lipinski definition) is 5. The van der Waals surface area contributed by atoms with E-state index in [1.165, 1.54) is 0 Å². The average molecular weight is 470 g/mol. The Morgan fingerprint density at radius 3 is 2.40 bits per heavy atom. The molecule has 2 heterocycles. The van der Waals surface area contributed by atoms with E-state index in [4.69, 9.17) is 4.74 Å². The standard InChI is InChI=1S/C28H27N3O4/c1-28(2,3)35-27(34)22-9-7-21(8-10-22)26(33)31-14-12-20-6-11-23(15-24(20)18-31)25(32)30-17-19-5-4-13-29-16-19/h4-16H,17-18H2,1-3H3,(H,30,32). The largest absolute Gasteiger partial charge is 0.456 e.